The SMILES string of the molecule is Cc1ccc(-n2nc(N3C(=O)CCC3=O)cc2NC(=O)Nc2ccc(OCc3ccnc(Nc4cnccn4)c3)c3ccccc23)cc1. The van der Waals surface area contributed by atoms with Gasteiger partial charge in [0.05, 0.1) is 17.6 Å². The van der Waals surface area contributed by atoms with Gasteiger partial charge in [-0.15, -0.1) is 5.10 Å². The van der Waals surface area contributed by atoms with Crippen LogP contribution in [0.2, 0.25) is 0 Å². The normalized spacial score (nSPS) is 12.7. The van der Waals surface area contributed by atoms with Gasteiger partial charge in [0.15, 0.2) is 5.82 Å². The highest BCUT2D eigenvalue weighted by atomic mass is 16.5. The zero-order valence-electron chi connectivity index (χ0n) is 25.8. The van der Waals surface area contributed by atoms with Crippen LogP contribution in [0.5, 0.6) is 5.75 Å². The maximum absolute atomic E-state index is 13.4. The first kappa shape index (κ1) is 30.0. The van der Waals surface area contributed by atoms with Crippen molar-refractivity contribution in [2.24, 2.45) is 0 Å². The van der Waals surface area contributed by atoms with Crippen molar-refractivity contribution in [3.05, 3.63) is 115 Å². The van der Waals surface area contributed by atoms with Crippen LogP contribution in [-0.2, 0) is 16.2 Å². The van der Waals surface area contributed by atoms with Gasteiger partial charge in [0, 0.05) is 48.3 Å². The fraction of sp³-hybridized carbons (Fsp3) is 0.114. The van der Waals surface area contributed by atoms with Crippen LogP contribution in [0, 0.1) is 6.92 Å². The average molecular weight is 640 g/mol. The Morgan fingerprint density at radius 3 is 2.38 bits per heavy atom. The summed E-state index contributed by atoms with van der Waals surface area (Å²) in [6, 6.07) is 23.4. The molecule has 3 aromatic carbocycles. The minimum atomic E-state index is -0.535. The van der Waals surface area contributed by atoms with Crippen molar-refractivity contribution in [1.82, 2.24) is 24.7 Å². The molecule has 0 radical (unpaired) electrons. The number of fused-ring (bicyclic) bond motifs is 1. The first-order chi connectivity index (χ1) is 23.4. The molecular formula is C35H29N9O4. The first-order valence-corrected chi connectivity index (χ1v) is 15.1. The number of rotatable bonds is 9. The van der Waals surface area contributed by atoms with Crippen LogP contribution in [0.3, 0.4) is 0 Å². The second-order valence-electron chi connectivity index (χ2n) is 11.0. The van der Waals surface area contributed by atoms with Crippen LogP contribution in [-0.4, -0.2) is 42.6 Å². The lowest BCUT2D eigenvalue weighted by Crippen LogP contribution is -2.29. The van der Waals surface area contributed by atoms with E-state index in [4.69, 9.17) is 4.74 Å². The Morgan fingerprint density at radius 2 is 1.60 bits per heavy atom. The first-order valence-electron chi connectivity index (χ1n) is 15.1. The number of benzene rings is 3. The van der Waals surface area contributed by atoms with E-state index in [-0.39, 0.29) is 42.9 Å². The van der Waals surface area contributed by atoms with Crippen LogP contribution in [0.15, 0.2) is 104 Å². The summed E-state index contributed by atoms with van der Waals surface area (Å²) in [5, 5.41) is 15.0. The maximum atomic E-state index is 13.4. The molecule has 3 aromatic heterocycles. The van der Waals surface area contributed by atoms with Crippen molar-refractivity contribution in [3.63, 3.8) is 0 Å². The molecular weight excluding hydrogens is 610 g/mol. The van der Waals surface area contributed by atoms with Gasteiger partial charge in [-0.05, 0) is 48.9 Å². The molecule has 3 N–H and O–H groups in total. The molecule has 0 aliphatic carbocycles. The van der Waals surface area contributed by atoms with E-state index in [1.165, 1.54) is 10.7 Å². The fourth-order valence-electron chi connectivity index (χ4n) is 5.35. The summed E-state index contributed by atoms with van der Waals surface area (Å²) in [6.07, 6.45) is 6.74. The third-order valence-electron chi connectivity index (χ3n) is 7.67. The number of imide groups is 1. The molecule has 0 bridgehead atoms. The van der Waals surface area contributed by atoms with Crippen molar-refractivity contribution < 1.29 is 19.1 Å². The molecule has 0 atom stereocenters. The molecule has 1 aliphatic rings. The number of anilines is 5. The molecule has 13 nitrogen and oxygen atoms in total. The Labute approximate surface area is 274 Å². The number of nitrogens with zero attached hydrogens (tertiary/aromatic N) is 6. The molecule has 4 amide bonds. The summed E-state index contributed by atoms with van der Waals surface area (Å²) in [5.41, 5.74) is 3.15. The predicted octanol–water partition coefficient (Wildman–Crippen LogP) is 6.14. The molecule has 48 heavy (non-hydrogen) atoms. The number of ether oxygens (including phenoxy) is 1. The molecule has 1 saturated heterocycles. The third kappa shape index (κ3) is 6.37. The number of aryl methyl sites for hydroxylation is 1. The number of hydrogen-bond acceptors (Lipinski definition) is 9. The minimum absolute atomic E-state index is 0.122. The highest BCUT2D eigenvalue weighted by molar-refractivity contribution is 6.19. The van der Waals surface area contributed by atoms with Crippen LogP contribution in [0.25, 0.3) is 16.5 Å². The fourth-order valence-corrected chi connectivity index (χ4v) is 5.35. The Kier molecular flexibility index (Phi) is 8.14. The molecule has 238 valence electrons. The van der Waals surface area contributed by atoms with E-state index in [1.54, 1.807) is 36.9 Å². The highest BCUT2D eigenvalue weighted by Crippen LogP contribution is 2.33. The lowest BCUT2D eigenvalue weighted by atomic mass is 10.1. The highest BCUT2D eigenvalue weighted by Gasteiger charge is 2.33. The van der Waals surface area contributed by atoms with Gasteiger partial charge in [-0.25, -0.2) is 24.3 Å². The molecule has 0 saturated carbocycles. The van der Waals surface area contributed by atoms with Gasteiger partial charge in [-0.2, -0.15) is 0 Å². The van der Waals surface area contributed by atoms with Gasteiger partial charge < -0.3 is 15.4 Å². The van der Waals surface area contributed by atoms with E-state index in [0.717, 1.165) is 26.8 Å². The second-order valence-corrected chi connectivity index (χ2v) is 11.0. The number of hydrogen-bond donors (Lipinski definition) is 3. The van der Waals surface area contributed by atoms with Gasteiger partial charge in [-0.3, -0.25) is 19.9 Å². The molecule has 1 fully saturated rings. The summed E-state index contributed by atoms with van der Waals surface area (Å²) in [6.45, 7) is 2.24. The van der Waals surface area contributed by atoms with E-state index in [1.807, 2.05) is 67.6 Å². The van der Waals surface area contributed by atoms with E-state index in [2.05, 4.69) is 36.0 Å². The number of carbonyl (C=O) groups is 3. The molecule has 13 heteroatoms. The Morgan fingerprint density at radius 1 is 0.833 bits per heavy atom. The smallest absolute Gasteiger partial charge is 0.324 e. The van der Waals surface area contributed by atoms with Gasteiger partial charge in [0.1, 0.15) is 29.8 Å². The second kappa shape index (κ2) is 13.0. The zero-order chi connectivity index (χ0) is 33.0. The standard InChI is InChI=1S/C35H29N9O4/c1-22-6-8-24(9-7-22)44-31(19-32(42-44)43-33(45)12-13-34(43)46)41-35(47)39-27-10-11-28(26-5-3-2-4-25(26)27)48-21-23-14-15-37-29(18-23)40-30-20-36-16-17-38-30/h2-11,14-20H,12-13,21H2,1H3,(H,37,38,40)(H2,39,41,47). The van der Waals surface area contributed by atoms with Crippen molar-refractivity contribution >= 4 is 57.6 Å². The zero-order valence-corrected chi connectivity index (χ0v) is 25.8. The van der Waals surface area contributed by atoms with Crippen LogP contribution in [0.1, 0.15) is 24.0 Å². The van der Waals surface area contributed by atoms with Crippen molar-refractivity contribution in [2.75, 3.05) is 20.9 Å². The summed E-state index contributed by atoms with van der Waals surface area (Å²) in [5.74, 6) is 1.60. The number of nitrogens with one attached hydrogen (secondary N) is 3. The van der Waals surface area contributed by atoms with Gasteiger partial charge in [0.25, 0.3) is 0 Å². The monoisotopic (exact) mass is 639 g/mol. The summed E-state index contributed by atoms with van der Waals surface area (Å²) in [4.78, 5) is 52.0. The van der Waals surface area contributed by atoms with Crippen molar-refractivity contribution in [1.29, 1.82) is 0 Å². The quantitative estimate of drug-likeness (QED) is 0.158. The van der Waals surface area contributed by atoms with E-state index < -0.39 is 6.03 Å². The Hall–Kier alpha value is -6.63. The van der Waals surface area contributed by atoms with Crippen LogP contribution in [0.4, 0.5) is 33.8 Å². The molecule has 1 aliphatic heterocycles. The Bertz CT molecular complexity index is 2130. The number of amides is 4. The molecule has 7 rings (SSSR count). The predicted molar refractivity (Wildman–Crippen MR) is 181 cm³/mol. The van der Waals surface area contributed by atoms with Gasteiger partial charge in [-0.1, -0.05) is 42.0 Å². The number of aromatic nitrogens is 5. The van der Waals surface area contributed by atoms with Crippen LogP contribution >= 0.6 is 0 Å². The molecule has 0 unspecified atom stereocenters. The minimum Gasteiger partial charge on any atom is -0.488 e. The van der Waals surface area contributed by atoms with Crippen LogP contribution < -0.4 is 25.6 Å². The summed E-state index contributed by atoms with van der Waals surface area (Å²) in [7, 11) is 0. The Balaban J connectivity index is 1.10. The third-order valence-corrected chi connectivity index (χ3v) is 7.67. The summed E-state index contributed by atoms with van der Waals surface area (Å²) >= 11 is 0. The number of urea groups is 1. The van der Waals surface area contributed by atoms with E-state index in [0.29, 0.717) is 28.8 Å². The number of pyridine rings is 1. The topological polar surface area (TPSA) is 156 Å². The van der Waals surface area contributed by atoms with E-state index in [9.17, 15) is 14.4 Å². The summed E-state index contributed by atoms with van der Waals surface area (Å²) < 4.78 is 7.72. The average Bonchev–Trinajstić information content (AvgIpc) is 3.66. The lowest BCUT2D eigenvalue weighted by Gasteiger charge is -2.15. The van der Waals surface area contributed by atoms with Gasteiger partial charge >= 0.3 is 6.03 Å². The van der Waals surface area contributed by atoms with E-state index >= 15 is 0 Å². The largest absolute Gasteiger partial charge is 0.488 e. The molecule has 6 aromatic rings. The van der Waals surface area contributed by atoms with Crippen molar-refractivity contribution in [2.45, 2.75) is 26.4 Å². The molecule has 0 spiro atoms. The number of carbonyl (C=O) groups excluding carboxylic acids is 3. The van der Waals surface area contributed by atoms with Gasteiger partial charge in [0.2, 0.25) is 11.8 Å². The maximum Gasteiger partial charge on any atom is 0.324 e. The molecule has 4 heterocycles. The van der Waals surface area contributed by atoms with Crippen molar-refractivity contribution in [3.8, 4) is 11.4 Å². The lowest BCUT2D eigenvalue weighted by molar-refractivity contribution is -0.121.